The van der Waals surface area contributed by atoms with E-state index in [0.717, 1.165) is 64.2 Å². The zero-order valence-electron chi connectivity index (χ0n) is 49.1. The number of aliphatic hydroxyl groups excluding tert-OH is 2. The second-order valence-electron chi connectivity index (χ2n) is 22.5. The van der Waals surface area contributed by atoms with E-state index in [9.17, 15) is 19.8 Å². The number of allylic oxidation sites excluding steroid dienone is 5. The van der Waals surface area contributed by atoms with E-state index in [1.54, 1.807) is 6.08 Å². The first kappa shape index (κ1) is 71.1. The molecular formula is C67H127NO5. The molecule has 3 N–H and O–H groups in total. The lowest BCUT2D eigenvalue weighted by Gasteiger charge is -2.20. The fourth-order valence-electron chi connectivity index (χ4n) is 10.1. The summed E-state index contributed by atoms with van der Waals surface area (Å²) in [6.45, 7) is 4.89. The number of rotatable bonds is 61. The lowest BCUT2D eigenvalue weighted by atomic mass is 10.0. The van der Waals surface area contributed by atoms with Gasteiger partial charge < -0.3 is 20.3 Å². The predicted molar refractivity (Wildman–Crippen MR) is 319 cm³/mol. The Kier molecular flexibility index (Phi) is 61.0. The minimum absolute atomic E-state index is 0.0100. The number of esters is 1. The van der Waals surface area contributed by atoms with E-state index >= 15 is 0 Å². The summed E-state index contributed by atoms with van der Waals surface area (Å²) in [5.41, 5.74) is 0. The summed E-state index contributed by atoms with van der Waals surface area (Å²) in [5.74, 6) is -0.0856. The number of nitrogens with one attached hydrogen (secondary N) is 1. The van der Waals surface area contributed by atoms with Crippen molar-refractivity contribution in [2.75, 3.05) is 13.2 Å². The van der Waals surface area contributed by atoms with Crippen LogP contribution in [0.2, 0.25) is 0 Å². The average Bonchev–Trinajstić information content (AvgIpc) is 3.39. The van der Waals surface area contributed by atoms with Gasteiger partial charge in [-0.3, -0.25) is 9.59 Å². The summed E-state index contributed by atoms with van der Waals surface area (Å²) in [7, 11) is 0. The molecule has 0 saturated heterocycles. The van der Waals surface area contributed by atoms with Crippen LogP contribution in [0.15, 0.2) is 36.5 Å². The Morgan fingerprint density at radius 3 is 1.05 bits per heavy atom. The predicted octanol–water partition coefficient (Wildman–Crippen LogP) is 20.8. The Balaban J connectivity index is 3.46. The minimum atomic E-state index is -0.854. The van der Waals surface area contributed by atoms with Crippen LogP contribution in [0.1, 0.15) is 354 Å². The molecule has 1 amide bonds. The molecule has 0 aliphatic rings. The number of carbonyl (C=O) groups excluding carboxylic acids is 2. The molecule has 6 heteroatoms. The smallest absolute Gasteiger partial charge is 0.305 e. The van der Waals surface area contributed by atoms with Crippen LogP contribution < -0.4 is 5.32 Å². The van der Waals surface area contributed by atoms with Gasteiger partial charge in [-0.05, 0) is 64.2 Å². The largest absolute Gasteiger partial charge is 0.466 e. The molecule has 0 aromatic carbocycles. The molecule has 0 saturated carbocycles. The molecule has 0 spiro atoms. The number of ether oxygens (including phenoxy) is 1. The van der Waals surface area contributed by atoms with Gasteiger partial charge in [0, 0.05) is 12.8 Å². The highest BCUT2D eigenvalue weighted by molar-refractivity contribution is 5.76. The Bertz CT molecular complexity index is 1180. The first-order valence-corrected chi connectivity index (χ1v) is 32.8. The molecule has 0 aliphatic carbocycles. The average molecular weight is 1030 g/mol. The lowest BCUT2D eigenvalue weighted by molar-refractivity contribution is -0.143. The van der Waals surface area contributed by atoms with E-state index in [2.05, 4.69) is 43.5 Å². The van der Waals surface area contributed by atoms with Gasteiger partial charge in [0.05, 0.1) is 25.4 Å². The Morgan fingerprint density at radius 2 is 0.685 bits per heavy atom. The Morgan fingerprint density at radius 1 is 0.384 bits per heavy atom. The van der Waals surface area contributed by atoms with Gasteiger partial charge in [0.1, 0.15) is 0 Å². The summed E-state index contributed by atoms with van der Waals surface area (Å²) < 4.78 is 5.49. The van der Waals surface area contributed by atoms with E-state index in [1.165, 1.54) is 263 Å². The van der Waals surface area contributed by atoms with Gasteiger partial charge in [0.2, 0.25) is 5.91 Å². The lowest BCUT2D eigenvalue weighted by Crippen LogP contribution is -2.45. The molecule has 73 heavy (non-hydrogen) atoms. The molecule has 0 aromatic heterocycles. The van der Waals surface area contributed by atoms with Crippen molar-refractivity contribution in [3.05, 3.63) is 36.5 Å². The van der Waals surface area contributed by atoms with Crippen molar-refractivity contribution in [2.24, 2.45) is 0 Å². The van der Waals surface area contributed by atoms with E-state index in [0.29, 0.717) is 19.4 Å². The van der Waals surface area contributed by atoms with Crippen LogP contribution in [-0.4, -0.2) is 47.4 Å². The number of carbonyl (C=O) groups is 2. The van der Waals surface area contributed by atoms with E-state index in [4.69, 9.17) is 4.74 Å². The van der Waals surface area contributed by atoms with Crippen molar-refractivity contribution >= 4 is 11.9 Å². The molecule has 2 atom stereocenters. The normalized spacial score (nSPS) is 12.8. The first-order chi connectivity index (χ1) is 36.0. The third-order valence-corrected chi connectivity index (χ3v) is 15.2. The van der Waals surface area contributed by atoms with Crippen molar-refractivity contribution in [3.8, 4) is 0 Å². The molecule has 0 bridgehead atoms. The number of unbranched alkanes of at least 4 members (excludes halogenated alkanes) is 46. The summed E-state index contributed by atoms with van der Waals surface area (Å²) in [6, 6.07) is -0.638. The summed E-state index contributed by atoms with van der Waals surface area (Å²) in [6.07, 6.45) is 79.0. The fraction of sp³-hybridized carbons (Fsp3) is 0.881. The molecular weight excluding hydrogens is 899 g/mol. The number of hydrogen-bond acceptors (Lipinski definition) is 5. The van der Waals surface area contributed by atoms with Gasteiger partial charge in [-0.1, -0.05) is 314 Å². The highest BCUT2D eigenvalue weighted by Crippen LogP contribution is 2.18. The van der Waals surface area contributed by atoms with Crippen LogP contribution >= 0.6 is 0 Å². The molecule has 0 aliphatic heterocycles. The molecule has 430 valence electrons. The van der Waals surface area contributed by atoms with E-state index < -0.39 is 12.1 Å². The van der Waals surface area contributed by atoms with Gasteiger partial charge >= 0.3 is 5.97 Å². The Hall–Kier alpha value is -1.92. The second-order valence-corrected chi connectivity index (χ2v) is 22.5. The third-order valence-electron chi connectivity index (χ3n) is 15.2. The van der Waals surface area contributed by atoms with Gasteiger partial charge in [-0.15, -0.1) is 0 Å². The molecule has 6 nitrogen and oxygen atoms in total. The quantitative estimate of drug-likeness (QED) is 0.0320. The van der Waals surface area contributed by atoms with Crippen molar-refractivity contribution in [2.45, 2.75) is 366 Å². The monoisotopic (exact) mass is 1030 g/mol. The van der Waals surface area contributed by atoms with Crippen molar-refractivity contribution in [1.82, 2.24) is 5.32 Å². The highest BCUT2D eigenvalue weighted by atomic mass is 16.5. The number of aliphatic hydroxyl groups is 2. The van der Waals surface area contributed by atoms with Gasteiger partial charge in [-0.2, -0.15) is 0 Å². The van der Waals surface area contributed by atoms with Crippen LogP contribution in [0.3, 0.4) is 0 Å². The zero-order chi connectivity index (χ0) is 52.9. The van der Waals surface area contributed by atoms with Crippen LogP contribution in [0.4, 0.5) is 0 Å². The van der Waals surface area contributed by atoms with Crippen LogP contribution in [0.25, 0.3) is 0 Å². The van der Waals surface area contributed by atoms with E-state index in [-0.39, 0.29) is 18.5 Å². The van der Waals surface area contributed by atoms with Gasteiger partial charge in [-0.25, -0.2) is 0 Å². The van der Waals surface area contributed by atoms with Crippen molar-refractivity contribution < 1.29 is 24.5 Å². The Labute approximate surface area is 455 Å². The molecule has 2 unspecified atom stereocenters. The van der Waals surface area contributed by atoms with Gasteiger partial charge in [0.15, 0.2) is 0 Å². The minimum Gasteiger partial charge on any atom is -0.466 e. The highest BCUT2D eigenvalue weighted by Gasteiger charge is 2.18. The molecule has 0 rings (SSSR count). The second kappa shape index (κ2) is 62.6. The van der Waals surface area contributed by atoms with Crippen molar-refractivity contribution in [3.63, 3.8) is 0 Å². The summed E-state index contributed by atoms with van der Waals surface area (Å²) >= 11 is 0. The standard InChI is InChI=1S/C67H127NO5/c1-3-5-7-9-11-13-15-17-19-21-23-24-25-26-27-28-29-31-35-39-43-47-51-55-59-65(70)64(63-69)68-66(71)60-56-52-48-44-40-36-33-34-38-42-46-50-54-58-62-73-67(72)61-57-53-49-45-41-37-32-30-22-20-18-16-14-12-10-8-6-4-2/h14,16,20,22,55,59,64-65,69-70H,3-13,15,17-19,21,23-54,56-58,60-63H2,1-2H3,(H,68,71)/b16-14-,22-20-,59-55+. The van der Waals surface area contributed by atoms with Crippen LogP contribution in [0, 0.1) is 0 Å². The zero-order valence-corrected chi connectivity index (χ0v) is 49.1. The molecule has 0 aromatic rings. The topological polar surface area (TPSA) is 95.9 Å². The SMILES string of the molecule is CCCCCC/C=C\C/C=C\CCCCCCCCCC(=O)OCCCCCCCCCCCCCCCCC(=O)NC(CO)C(O)/C=C/CCCCCCCCCCCCCCCCCCCCCCCC. The number of amides is 1. The van der Waals surface area contributed by atoms with E-state index in [1.807, 2.05) is 6.08 Å². The summed E-state index contributed by atoms with van der Waals surface area (Å²) in [4.78, 5) is 24.6. The molecule has 0 fully saturated rings. The molecule has 0 heterocycles. The van der Waals surface area contributed by atoms with Crippen molar-refractivity contribution in [1.29, 1.82) is 0 Å². The maximum absolute atomic E-state index is 12.5. The fourth-order valence-corrected chi connectivity index (χ4v) is 10.1. The van der Waals surface area contributed by atoms with Crippen LogP contribution in [0.5, 0.6) is 0 Å². The van der Waals surface area contributed by atoms with Gasteiger partial charge in [0.25, 0.3) is 0 Å². The third kappa shape index (κ3) is 59.2. The maximum atomic E-state index is 12.5. The first-order valence-electron chi connectivity index (χ1n) is 32.8. The molecule has 0 radical (unpaired) electrons. The number of hydrogen-bond donors (Lipinski definition) is 3. The summed E-state index contributed by atoms with van der Waals surface area (Å²) in [5, 5.41) is 23.2. The maximum Gasteiger partial charge on any atom is 0.305 e. The van der Waals surface area contributed by atoms with Crippen LogP contribution in [-0.2, 0) is 14.3 Å².